The fourth-order valence-corrected chi connectivity index (χ4v) is 2.23. The molecule has 1 aliphatic rings. The number of nitrogens with zero attached hydrogens (tertiary/aromatic N) is 1. The highest BCUT2D eigenvalue weighted by molar-refractivity contribution is 5.92. The summed E-state index contributed by atoms with van der Waals surface area (Å²) in [5.41, 5.74) is -0.620. The van der Waals surface area contributed by atoms with E-state index in [4.69, 9.17) is 0 Å². The van der Waals surface area contributed by atoms with Gasteiger partial charge in [-0.1, -0.05) is 12.1 Å². The van der Waals surface area contributed by atoms with Crippen LogP contribution >= 0.6 is 0 Å². The first-order chi connectivity index (χ1) is 11.3. The van der Waals surface area contributed by atoms with Gasteiger partial charge in [-0.2, -0.15) is 13.2 Å². The molecule has 24 heavy (non-hydrogen) atoms. The molecule has 1 aromatic heterocycles. The number of aromatic nitrogens is 2. The third kappa shape index (κ3) is 3.81. The SMILES string of the molecule is O=C(NCc1ccc(C(F)(F)F)cc1)c1cc(=O)[nH]c(C2CC2)n1. The van der Waals surface area contributed by atoms with Crippen molar-refractivity contribution < 1.29 is 18.0 Å². The summed E-state index contributed by atoms with van der Waals surface area (Å²) < 4.78 is 37.5. The number of rotatable bonds is 4. The smallest absolute Gasteiger partial charge is 0.347 e. The van der Waals surface area contributed by atoms with Crippen molar-refractivity contribution in [3.63, 3.8) is 0 Å². The molecule has 0 saturated heterocycles. The first kappa shape index (κ1) is 16.2. The average Bonchev–Trinajstić information content (AvgIpc) is 3.36. The number of halogens is 3. The molecular formula is C16H14F3N3O2. The van der Waals surface area contributed by atoms with Gasteiger partial charge in [0.15, 0.2) is 0 Å². The van der Waals surface area contributed by atoms with Gasteiger partial charge >= 0.3 is 6.18 Å². The summed E-state index contributed by atoms with van der Waals surface area (Å²) in [4.78, 5) is 30.4. The zero-order valence-electron chi connectivity index (χ0n) is 12.5. The summed E-state index contributed by atoms with van der Waals surface area (Å²) in [5, 5.41) is 2.55. The molecule has 126 valence electrons. The third-order valence-electron chi connectivity index (χ3n) is 3.69. The summed E-state index contributed by atoms with van der Waals surface area (Å²) in [7, 11) is 0. The standard InChI is InChI=1S/C16H14F3N3O2/c17-16(18,19)11-5-1-9(2-6-11)8-20-15(24)12-7-13(23)22-14(21-12)10-3-4-10/h1-2,5-7,10H,3-4,8H2,(H,20,24)(H,21,22,23). The third-order valence-corrected chi connectivity index (χ3v) is 3.69. The Labute approximate surface area is 134 Å². The second kappa shape index (κ2) is 6.10. The second-order valence-electron chi connectivity index (χ2n) is 5.67. The molecular weight excluding hydrogens is 323 g/mol. The van der Waals surface area contributed by atoms with Gasteiger partial charge in [-0.15, -0.1) is 0 Å². The number of nitrogens with one attached hydrogen (secondary N) is 2. The normalized spacial score (nSPS) is 14.5. The molecule has 2 N–H and O–H groups in total. The van der Waals surface area contributed by atoms with E-state index in [1.807, 2.05) is 0 Å². The Morgan fingerprint density at radius 3 is 2.50 bits per heavy atom. The quantitative estimate of drug-likeness (QED) is 0.900. The Bertz CT molecular complexity index is 809. The van der Waals surface area contributed by atoms with Crippen LogP contribution in [-0.2, 0) is 12.7 Å². The molecule has 1 fully saturated rings. The fraction of sp³-hybridized carbons (Fsp3) is 0.312. The monoisotopic (exact) mass is 337 g/mol. The maximum Gasteiger partial charge on any atom is 0.416 e. The van der Waals surface area contributed by atoms with Crippen molar-refractivity contribution in [1.82, 2.24) is 15.3 Å². The molecule has 3 rings (SSSR count). The minimum Gasteiger partial charge on any atom is -0.347 e. The highest BCUT2D eigenvalue weighted by Crippen LogP contribution is 2.37. The molecule has 8 heteroatoms. The van der Waals surface area contributed by atoms with Gasteiger partial charge < -0.3 is 10.3 Å². The second-order valence-corrected chi connectivity index (χ2v) is 5.67. The van der Waals surface area contributed by atoms with Crippen molar-refractivity contribution in [1.29, 1.82) is 0 Å². The van der Waals surface area contributed by atoms with E-state index in [0.29, 0.717) is 11.4 Å². The van der Waals surface area contributed by atoms with E-state index in [2.05, 4.69) is 15.3 Å². The number of amides is 1. The van der Waals surface area contributed by atoms with E-state index < -0.39 is 23.2 Å². The molecule has 0 radical (unpaired) electrons. The Balaban J connectivity index is 1.66. The highest BCUT2D eigenvalue weighted by atomic mass is 19.4. The molecule has 1 heterocycles. The molecule has 1 aliphatic carbocycles. The van der Waals surface area contributed by atoms with Gasteiger partial charge in [-0.05, 0) is 30.5 Å². The maximum absolute atomic E-state index is 12.5. The van der Waals surface area contributed by atoms with Gasteiger partial charge in [0.05, 0.1) is 5.56 Å². The number of alkyl halides is 3. The molecule has 2 aromatic rings. The van der Waals surface area contributed by atoms with Crippen LogP contribution in [0.3, 0.4) is 0 Å². The lowest BCUT2D eigenvalue weighted by molar-refractivity contribution is -0.137. The molecule has 0 atom stereocenters. The van der Waals surface area contributed by atoms with Crippen LogP contribution in [-0.4, -0.2) is 15.9 Å². The summed E-state index contributed by atoms with van der Waals surface area (Å²) >= 11 is 0. The molecule has 0 aliphatic heterocycles. The van der Waals surface area contributed by atoms with Crippen molar-refractivity contribution in [3.05, 3.63) is 63.3 Å². The van der Waals surface area contributed by atoms with Crippen LogP contribution in [0.15, 0.2) is 35.1 Å². The summed E-state index contributed by atoms with van der Waals surface area (Å²) in [6.45, 7) is 0.0458. The van der Waals surface area contributed by atoms with E-state index >= 15 is 0 Å². The molecule has 0 unspecified atom stereocenters. The molecule has 0 spiro atoms. The Morgan fingerprint density at radius 2 is 1.92 bits per heavy atom. The molecule has 1 aromatic carbocycles. The van der Waals surface area contributed by atoms with Crippen LogP contribution in [0, 0.1) is 0 Å². The number of carbonyl (C=O) groups excluding carboxylic acids is 1. The predicted molar refractivity (Wildman–Crippen MR) is 79.4 cm³/mol. The highest BCUT2D eigenvalue weighted by Gasteiger charge is 2.30. The minimum absolute atomic E-state index is 0.00700. The van der Waals surface area contributed by atoms with E-state index in [1.165, 1.54) is 12.1 Å². The van der Waals surface area contributed by atoms with Crippen LogP contribution in [0.2, 0.25) is 0 Å². The summed E-state index contributed by atoms with van der Waals surface area (Å²) in [6, 6.07) is 5.61. The van der Waals surface area contributed by atoms with Crippen LogP contribution in [0.4, 0.5) is 13.2 Å². The number of benzene rings is 1. The molecule has 1 saturated carbocycles. The Kier molecular flexibility index (Phi) is 4.13. The molecule has 5 nitrogen and oxygen atoms in total. The van der Waals surface area contributed by atoms with Crippen molar-refractivity contribution in [3.8, 4) is 0 Å². The lowest BCUT2D eigenvalue weighted by Crippen LogP contribution is -2.26. The molecule has 0 bridgehead atoms. The first-order valence-electron chi connectivity index (χ1n) is 7.38. The Hall–Kier alpha value is -2.64. The first-order valence-corrected chi connectivity index (χ1v) is 7.38. The lowest BCUT2D eigenvalue weighted by Gasteiger charge is -2.09. The number of aromatic amines is 1. The van der Waals surface area contributed by atoms with Crippen molar-refractivity contribution in [2.75, 3.05) is 0 Å². The Morgan fingerprint density at radius 1 is 1.25 bits per heavy atom. The van der Waals surface area contributed by atoms with Crippen LogP contribution < -0.4 is 10.9 Å². The van der Waals surface area contributed by atoms with Crippen molar-refractivity contribution in [2.24, 2.45) is 0 Å². The topological polar surface area (TPSA) is 74.8 Å². The lowest BCUT2D eigenvalue weighted by atomic mass is 10.1. The van der Waals surface area contributed by atoms with E-state index in [9.17, 15) is 22.8 Å². The van der Waals surface area contributed by atoms with Crippen molar-refractivity contribution >= 4 is 5.91 Å². The van der Waals surface area contributed by atoms with E-state index in [0.717, 1.165) is 31.0 Å². The molecule has 1 amide bonds. The number of H-pyrrole nitrogens is 1. The van der Waals surface area contributed by atoms with Crippen LogP contribution in [0.5, 0.6) is 0 Å². The van der Waals surface area contributed by atoms with Gasteiger partial charge in [0.2, 0.25) is 0 Å². The van der Waals surface area contributed by atoms with E-state index in [1.54, 1.807) is 0 Å². The fourth-order valence-electron chi connectivity index (χ4n) is 2.23. The minimum atomic E-state index is -4.39. The summed E-state index contributed by atoms with van der Waals surface area (Å²) in [6.07, 6.45) is -2.53. The van der Waals surface area contributed by atoms with Gasteiger partial charge in [0.1, 0.15) is 11.5 Å². The predicted octanol–water partition coefficient (Wildman–Crippen LogP) is 2.60. The van der Waals surface area contributed by atoms with Gasteiger partial charge in [-0.25, -0.2) is 4.98 Å². The zero-order valence-corrected chi connectivity index (χ0v) is 12.5. The van der Waals surface area contributed by atoms with Gasteiger partial charge in [0, 0.05) is 18.5 Å². The van der Waals surface area contributed by atoms with Crippen LogP contribution in [0.25, 0.3) is 0 Å². The largest absolute Gasteiger partial charge is 0.416 e. The summed E-state index contributed by atoms with van der Waals surface area (Å²) in [5.74, 6) is 0.158. The van der Waals surface area contributed by atoms with Gasteiger partial charge in [0.25, 0.3) is 11.5 Å². The number of carbonyl (C=O) groups is 1. The number of hydrogen-bond donors (Lipinski definition) is 2. The van der Waals surface area contributed by atoms with Crippen LogP contribution in [0.1, 0.15) is 46.2 Å². The number of hydrogen-bond acceptors (Lipinski definition) is 3. The van der Waals surface area contributed by atoms with E-state index in [-0.39, 0.29) is 18.2 Å². The average molecular weight is 337 g/mol. The van der Waals surface area contributed by atoms with Gasteiger partial charge in [-0.3, -0.25) is 9.59 Å². The maximum atomic E-state index is 12.5. The van der Waals surface area contributed by atoms with Crippen molar-refractivity contribution in [2.45, 2.75) is 31.5 Å². The zero-order chi connectivity index (χ0) is 17.3.